The summed E-state index contributed by atoms with van der Waals surface area (Å²) in [6.07, 6.45) is 6.63. The Kier molecular flexibility index (Phi) is 5.68. The molecule has 0 aromatic carbocycles. The summed E-state index contributed by atoms with van der Waals surface area (Å²) in [5, 5.41) is 3.12. The summed E-state index contributed by atoms with van der Waals surface area (Å²) in [6.45, 7) is 1.93. The summed E-state index contributed by atoms with van der Waals surface area (Å²) in [4.78, 5) is 4.48. The average Bonchev–Trinajstić information content (AvgIpc) is 2.49. The third kappa shape index (κ3) is 3.65. The minimum absolute atomic E-state index is 0.294. The average molecular weight is 315 g/mol. The summed E-state index contributed by atoms with van der Waals surface area (Å²) in [7, 11) is -3.43. The van der Waals surface area contributed by atoms with Crippen LogP contribution in [0, 0.1) is 0 Å². The van der Waals surface area contributed by atoms with E-state index in [1.807, 2.05) is 6.26 Å². The van der Waals surface area contributed by atoms with E-state index < -0.39 is 10.0 Å². The zero-order valence-electron chi connectivity index (χ0n) is 11.7. The van der Waals surface area contributed by atoms with Gasteiger partial charge in [-0.05, 0) is 31.2 Å². The topological polar surface area (TPSA) is 62.3 Å². The standard InChI is InChI=1S/C13H21N3O2S2/c1-19-11-8-15-13-12(6-5-7-14-13)20(17,18)16-9-3-2-4-10-16/h5-7H,2-4,8-11H2,1H3,(H,14,15). The van der Waals surface area contributed by atoms with E-state index in [1.54, 1.807) is 34.4 Å². The molecule has 1 N–H and O–H groups in total. The zero-order valence-corrected chi connectivity index (χ0v) is 13.3. The second-order valence-electron chi connectivity index (χ2n) is 4.73. The number of anilines is 1. The predicted octanol–water partition coefficient (Wildman–Crippen LogP) is 2.03. The first kappa shape index (κ1) is 15.6. The van der Waals surface area contributed by atoms with Gasteiger partial charge in [-0.1, -0.05) is 6.42 Å². The monoisotopic (exact) mass is 315 g/mol. The lowest BCUT2D eigenvalue weighted by molar-refractivity contribution is 0.346. The van der Waals surface area contributed by atoms with E-state index in [1.165, 1.54) is 0 Å². The number of piperidine rings is 1. The summed E-state index contributed by atoms with van der Waals surface area (Å²) in [5.74, 6) is 1.38. The number of pyridine rings is 1. The van der Waals surface area contributed by atoms with Gasteiger partial charge >= 0.3 is 0 Å². The van der Waals surface area contributed by atoms with Crippen LogP contribution in [0.5, 0.6) is 0 Å². The van der Waals surface area contributed by atoms with E-state index in [-0.39, 0.29) is 0 Å². The van der Waals surface area contributed by atoms with Crippen molar-refractivity contribution in [1.82, 2.24) is 9.29 Å². The molecule has 20 heavy (non-hydrogen) atoms. The number of hydrogen-bond donors (Lipinski definition) is 1. The van der Waals surface area contributed by atoms with Crippen LogP contribution in [0.15, 0.2) is 23.2 Å². The SMILES string of the molecule is CSCCNc1ncccc1S(=O)(=O)N1CCCCC1. The molecule has 1 aliphatic rings. The van der Waals surface area contributed by atoms with E-state index in [0.29, 0.717) is 30.3 Å². The van der Waals surface area contributed by atoms with Gasteiger partial charge in [-0.25, -0.2) is 13.4 Å². The van der Waals surface area contributed by atoms with Crippen molar-refractivity contribution in [2.75, 3.05) is 37.0 Å². The van der Waals surface area contributed by atoms with Crippen molar-refractivity contribution in [2.24, 2.45) is 0 Å². The predicted molar refractivity (Wildman–Crippen MR) is 83.7 cm³/mol. The fraction of sp³-hybridized carbons (Fsp3) is 0.615. The van der Waals surface area contributed by atoms with Crippen LogP contribution in [-0.2, 0) is 10.0 Å². The van der Waals surface area contributed by atoms with E-state index in [0.717, 1.165) is 25.0 Å². The summed E-state index contributed by atoms with van der Waals surface area (Å²) >= 11 is 1.71. The lowest BCUT2D eigenvalue weighted by atomic mass is 10.2. The van der Waals surface area contributed by atoms with Gasteiger partial charge in [0.25, 0.3) is 0 Å². The Balaban J connectivity index is 2.21. The lowest BCUT2D eigenvalue weighted by Crippen LogP contribution is -2.36. The molecule has 2 heterocycles. The van der Waals surface area contributed by atoms with Crippen molar-refractivity contribution in [3.63, 3.8) is 0 Å². The molecule has 0 aliphatic carbocycles. The van der Waals surface area contributed by atoms with Gasteiger partial charge in [-0.3, -0.25) is 0 Å². The van der Waals surface area contributed by atoms with Crippen LogP contribution >= 0.6 is 11.8 Å². The number of thioether (sulfide) groups is 1. The molecule has 0 spiro atoms. The molecule has 0 unspecified atom stereocenters. The molecule has 0 amide bonds. The Bertz CT molecular complexity index is 528. The maximum atomic E-state index is 12.7. The molecular formula is C13H21N3O2S2. The Morgan fingerprint density at radius 1 is 1.35 bits per heavy atom. The Morgan fingerprint density at radius 3 is 2.80 bits per heavy atom. The molecule has 112 valence electrons. The number of aromatic nitrogens is 1. The quantitative estimate of drug-likeness (QED) is 0.814. The fourth-order valence-corrected chi connectivity index (χ4v) is 4.19. The molecule has 2 rings (SSSR count). The molecule has 0 saturated carbocycles. The number of rotatable bonds is 6. The molecule has 1 aliphatic heterocycles. The van der Waals surface area contributed by atoms with Crippen molar-refractivity contribution in [2.45, 2.75) is 24.2 Å². The smallest absolute Gasteiger partial charge is 0.246 e. The summed E-state index contributed by atoms with van der Waals surface area (Å²) in [6, 6.07) is 3.31. The first-order chi connectivity index (χ1) is 9.66. The third-order valence-corrected chi connectivity index (χ3v) is 5.84. The van der Waals surface area contributed by atoms with Crippen molar-refractivity contribution < 1.29 is 8.42 Å². The largest absolute Gasteiger partial charge is 0.368 e. The van der Waals surface area contributed by atoms with Gasteiger partial charge in [0, 0.05) is 31.6 Å². The maximum Gasteiger partial charge on any atom is 0.246 e. The van der Waals surface area contributed by atoms with E-state index >= 15 is 0 Å². The van der Waals surface area contributed by atoms with Crippen LogP contribution in [0.3, 0.4) is 0 Å². The summed E-state index contributed by atoms with van der Waals surface area (Å²) < 4.78 is 26.9. The van der Waals surface area contributed by atoms with E-state index in [9.17, 15) is 8.42 Å². The molecule has 1 saturated heterocycles. The van der Waals surface area contributed by atoms with Crippen LogP contribution in [-0.4, -0.2) is 49.3 Å². The first-order valence-electron chi connectivity index (χ1n) is 6.84. The van der Waals surface area contributed by atoms with Crippen LogP contribution < -0.4 is 5.32 Å². The fourth-order valence-electron chi connectivity index (χ4n) is 2.25. The van der Waals surface area contributed by atoms with Crippen LogP contribution in [0.4, 0.5) is 5.82 Å². The molecule has 1 aromatic heterocycles. The van der Waals surface area contributed by atoms with Gasteiger partial charge in [0.2, 0.25) is 10.0 Å². The van der Waals surface area contributed by atoms with Crippen LogP contribution in [0.1, 0.15) is 19.3 Å². The zero-order chi connectivity index (χ0) is 14.4. The van der Waals surface area contributed by atoms with Gasteiger partial charge in [-0.2, -0.15) is 16.1 Å². The van der Waals surface area contributed by atoms with E-state index in [4.69, 9.17) is 0 Å². The number of nitrogens with zero attached hydrogens (tertiary/aromatic N) is 2. The summed E-state index contributed by atoms with van der Waals surface area (Å²) in [5.41, 5.74) is 0. The van der Waals surface area contributed by atoms with Gasteiger partial charge in [0.1, 0.15) is 10.7 Å². The molecule has 0 radical (unpaired) electrons. The number of sulfonamides is 1. The first-order valence-corrected chi connectivity index (χ1v) is 9.67. The van der Waals surface area contributed by atoms with Gasteiger partial charge in [-0.15, -0.1) is 0 Å². The van der Waals surface area contributed by atoms with Gasteiger partial charge in [0.05, 0.1) is 0 Å². The number of hydrogen-bond acceptors (Lipinski definition) is 5. The molecule has 1 aromatic rings. The van der Waals surface area contributed by atoms with Crippen molar-refractivity contribution >= 4 is 27.6 Å². The molecule has 5 nitrogen and oxygen atoms in total. The highest BCUT2D eigenvalue weighted by atomic mass is 32.2. The molecule has 7 heteroatoms. The third-order valence-electron chi connectivity index (χ3n) is 3.30. The van der Waals surface area contributed by atoms with Crippen molar-refractivity contribution in [3.8, 4) is 0 Å². The Morgan fingerprint density at radius 2 is 2.10 bits per heavy atom. The minimum Gasteiger partial charge on any atom is -0.368 e. The highest BCUT2D eigenvalue weighted by molar-refractivity contribution is 7.98. The van der Waals surface area contributed by atoms with Gasteiger partial charge < -0.3 is 5.32 Å². The number of nitrogens with one attached hydrogen (secondary N) is 1. The second-order valence-corrected chi connectivity index (χ2v) is 7.63. The molecule has 1 fully saturated rings. The molecular weight excluding hydrogens is 294 g/mol. The Labute approximate surface area is 125 Å². The Hall–Kier alpha value is -0.790. The van der Waals surface area contributed by atoms with Crippen molar-refractivity contribution in [3.05, 3.63) is 18.3 Å². The highest BCUT2D eigenvalue weighted by Gasteiger charge is 2.28. The minimum atomic E-state index is -3.43. The van der Waals surface area contributed by atoms with Crippen LogP contribution in [0.25, 0.3) is 0 Å². The lowest BCUT2D eigenvalue weighted by Gasteiger charge is -2.26. The van der Waals surface area contributed by atoms with Crippen LogP contribution in [0.2, 0.25) is 0 Å². The highest BCUT2D eigenvalue weighted by Crippen LogP contribution is 2.25. The molecule has 0 atom stereocenters. The second kappa shape index (κ2) is 7.28. The maximum absolute atomic E-state index is 12.7. The van der Waals surface area contributed by atoms with Crippen molar-refractivity contribution in [1.29, 1.82) is 0 Å². The molecule has 0 bridgehead atoms. The normalized spacial score (nSPS) is 17.1. The van der Waals surface area contributed by atoms with E-state index in [2.05, 4.69) is 10.3 Å². The van der Waals surface area contributed by atoms with Gasteiger partial charge in [0.15, 0.2) is 0 Å².